The fourth-order valence-electron chi connectivity index (χ4n) is 3.80. The van der Waals surface area contributed by atoms with E-state index in [-0.39, 0.29) is 11.9 Å². The van der Waals surface area contributed by atoms with Gasteiger partial charge < -0.3 is 15.0 Å². The lowest BCUT2D eigenvalue weighted by atomic mass is 10.0. The normalized spacial score (nSPS) is 20.2. The Bertz CT molecular complexity index is 754. The number of rotatable bonds is 3. The van der Waals surface area contributed by atoms with Crippen molar-refractivity contribution in [1.82, 2.24) is 10.3 Å². The molecule has 1 atom stereocenters. The van der Waals surface area contributed by atoms with Crippen LogP contribution in [0.15, 0.2) is 42.6 Å². The van der Waals surface area contributed by atoms with Gasteiger partial charge in [0, 0.05) is 25.3 Å². The van der Waals surface area contributed by atoms with Crippen molar-refractivity contribution < 1.29 is 9.53 Å². The molecule has 1 N–H and O–H groups in total. The van der Waals surface area contributed by atoms with Crippen LogP contribution in [0.2, 0.25) is 0 Å². The van der Waals surface area contributed by atoms with Gasteiger partial charge in [0.2, 0.25) is 0 Å². The third-order valence-electron chi connectivity index (χ3n) is 5.26. The van der Waals surface area contributed by atoms with E-state index >= 15 is 0 Å². The second kappa shape index (κ2) is 7.87. The molecule has 4 rings (SSSR count). The van der Waals surface area contributed by atoms with Crippen molar-refractivity contribution >= 4 is 11.7 Å². The minimum absolute atomic E-state index is 0.0320. The van der Waals surface area contributed by atoms with Crippen molar-refractivity contribution in [2.24, 2.45) is 0 Å². The van der Waals surface area contributed by atoms with Crippen LogP contribution < -0.4 is 10.2 Å². The lowest BCUT2D eigenvalue weighted by Crippen LogP contribution is -2.37. The van der Waals surface area contributed by atoms with E-state index in [1.165, 1.54) is 11.1 Å². The number of ether oxygens (including phenoxy) is 1. The highest BCUT2D eigenvalue weighted by atomic mass is 16.5. The van der Waals surface area contributed by atoms with Gasteiger partial charge in [-0.3, -0.25) is 4.79 Å². The number of pyridine rings is 1. The summed E-state index contributed by atoms with van der Waals surface area (Å²) in [4.78, 5) is 19.3. The van der Waals surface area contributed by atoms with E-state index < -0.39 is 0 Å². The maximum atomic E-state index is 12.6. The summed E-state index contributed by atoms with van der Waals surface area (Å²) in [6.45, 7) is 3.15. The SMILES string of the molecule is O=C(NC1CCCc2ccccc2C1)c1ccc(N2CCOCC2)nc1. The second-order valence-corrected chi connectivity index (χ2v) is 7.04. The Morgan fingerprint density at radius 1 is 1.12 bits per heavy atom. The molecule has 1 aromatic heterocycles. The standard InChI is InChI=1S/C21H25N3O2/c25-21(18-8-9-20(22-15-18)24-10-12-26-13-11-24)23-19-7-3-6-16-4-1-2-5-17(16)14-19/h1-2,4-5,8-9,15,19H,3,6-7,10-14H2,(H,23,25). The molecule has 2 heterocycles. The van der Waals surface area contributed by atoms with Crippen molar-refractivity contribution in [3.05, 3.63) is 59.3 Å². The minimum Gasteiger partial charge on any atom is -0.378 e. The summed E-state index contributed by atoms with van der Waals surface area (Å²) in [6.07, 6.45) is 5.81. The van der Waals surface area contributed by atoms with Gasteiger partial charge in [0.05, 0.1) is 18.8 Å². The Kier molecular flexibility index (Phi) is 5.16. The average molecular weight is 351 g/mol. The molecule has 136 valence electrons. The topological polar surface area (TPSA) is 54.5 Å². The van der Waals surface area contributed by atoms with Crippen LogP contribution >= 0.6 is 0 Å². The van der Waals surface area contributed by atoms with Crippen LogP contribution in [0.4, 0.5) is 5.82 Å². The number of morpholine rings is 1. The summed E-state index contributed by atoms with van der Waals surface area (Å²) >= 11 is 0. The van der Waals surface area contributed by atoms with Gasteiger partial charge in [-0.1, -0.05) is 24.3 Å². The summed E-state index contributed by atoms with van der Waals surface area (Å²) < 4.78 is 5.37. The van der Waals surface area contributed by atoms with Crippen LogP contribution in [0.25, 0.3) is 0 Å². The third-order valence-corrected chi connectivity index (χ3v) is 5.26. The van der Waals surface area contributed by atoms with E-state index in [0.29, 0.717) is 5.56 Å². The number of nitrogens with zero attached hydrogens (tertiary/aromatic N) is 2. The molecule has 0 bridgehead atoms. The Hall–Kier alpha value is -2.40. The van der Waals surface area contributed by atoms with Gasteiger partial charge in [0.25, 0.3) is 5.91 Å². The van der Waals surface area contributed by atoms with Crippen molar-refractivity contribution in [1.29, 1.82) is 0 Å². The van der Waals surface area contributed by atoms with E-state index in [1.807, 2.05) is 12.1 Å². The Morgan fingerprint density at radius 2 is 1.92 bits per heavy atom. The highest BCUT2D eigenvalue weighted by Crippen LogP contribution is 2.21. The summed E-state index contributed by atoms with van der Waals surface area (Å²) in [5.41, 5.74) is 3.40. The average Bonchev–Trinajstić information content (AvgIpc) is 2.90. The summed E-state index contributed by atoms with van der Waals surface area (Å²) in [5, 5.41) is 3.20. The van der Waals surface area contributed by atoms with Crippen molar-refractivity contribution in [2.45, 2.75) is 31.7 Å². The largest absolute Gasteiger partial charge is 0.378 e. The molecule has 2 aromatic rings. The molecule has 1 fully saturated rings. The molecule has 5 nitrogen and oxygen atoms in total. The van der Waals surface area contributed by atoms with Gasteiger partial charge in [-0.05, 0) is 48.9 Å². The Labute approximate surface area is 154 Å². The number of carbonyl (C=O) groups excluding carboxylic acids is 1. The Morgan fingerprint density at radius 3 is 2.69 bits per heavy atom. The van der Waals surface area contributed by atoms with Crippen LogP contribution in [-0.4, -0.2) is 43.2 Å². The molecule has 1 aromatic carbocycles. The van der Waals surface area contributed by atoms with Gasteiger partial charge in [0.1, 0.15) is 5.82 Å². The van der Waals surface area contributed by atoms with Crippen LogP contribution in [0.3, 0.4) is 0 Å². The molecule has 26 heavy (non-hydrogen) atoms. The van der Waals surface area contributed by atoms with E-state index in [9.17, 15) is 4.79 Å². The number of anilines is 1. The van der Waals surface area contributed by atoms with Gasteiger partial charge in [-0.25, -0.2) is 4.98 Å². The fraction of sp³-hybridized carbons (Fsp3) is 0.429. The maximum Gasteiger partial charge on any atom is 0.253 e. The fourth-order valence-corrected chi connectivity index (χ4v) is 3.80. The predicted octanol–water partition coefficient (Wildman–Crippen LogP) is 2.60. The molecule has 0 spiro atoms. The molecule has 0 radical (unpaired) electrons. The number of hydrogen-bond acceptors (Lipinski definition) is 4. The van der Waals surface area contributed by atoms with Crippen LogP contribution in [0, 0.1) is 0 Å². The summed E-state index contributed by atoms with van der Waals surface area (Å²) in [5.74, 6) is 0.878. The smallest absolute Gasteiger partial charge is 0.253 e. The number of aromatic nitrogens is 1. The molecular weight excluding hydrogens is 326 g/mol. The van der Waals surface area contributed by atoms with E-state index in [2.05, 4.69) is 39.5 Å². The van der Waals surface area contributed by atoms with E-state index in [0.717, 1.165) is 57.8 Å². The first kappa shape index (κ1) is 17.0. The van der Waals surface area contributed by atoms with Crippen molar-refractivity contribution in [3.8, 4) is 0 Å². The summed E-state index contributed by atoms with van der Waals surface area (Å²) in [7, 11) is 0. The van der Waals surface area contributed by atoms with Gasteiger partial charge in [-0.2, -0.15) is 0 Å². The number of fused-ring (bicyclic) bond motifs is 1. The first-order valence-corrected chi connectivity index (χ1v) is 9.46. The monoisotopic (exact) mass is 351 g/mol. The van der Waals surface area contributed by atoms with Crippen LogP contribution in [0.1, 0.15) is 34.3 Å². The van der Waals surface area contributed by atoms with Gasteiger partial charge >= 0.3 is 0 Å². The number of aryl methyl sites for hydroxylation is 1. The highest BCUT2D eigenvalue weighted by Gasteiger charge is 2.19. The Balaban J connectivity index is 1.40. The van der Waals surface area contributed by atoms with Crippen LogP contribution in [-0.2, 0) is 17.6 Å². The third kappa shape index (κ3) is 3.88. The molecule has 2 aliphatic rings. The molecule has 1 aliphatic carbocycles. The first-order chi connectivity index (χ1) is 12.8. The number of nitrogens with one attached hydrogen (secondary N) is 1. The molecule has 1 saturated heterocycles. The predicted molar refractivity (Wildman–Crippen MR) is 102 cm³/mol. The lowest BCUT2D eigenvalue weighted by molar-refractivity contribution is 0.0934. The molecule has 5 heteroatoms. The molecule has 1 amide bonds. The zero-order valence-corrected chi connectivity index (χ0v) is 15.0. The quantitative estimate of drug-likeness (QED) is 0.864. The maximum absolute atomic E-state index is 12.6. The summed E-state index contributed by atoms with van der Waals surface area (Å²) in [6, 6.07) is 12.5. The number of amides is 1. The molecular formula is C21H25N3O2. The van der Waals surface area contributed by atoms with Gasteiger partial charge in [-0.15, -0.1) is 0 Å². The van der Waals surface area contributed by atoms with E-state index in [1.54, 1.807) is 6.20 Å². The minimum atomic E-state index is -0.0320. The highest BCUT2D eigenvalue weighted by molar-refractivity contribution is 5.94. The lowest BCUT2D eigenvalue weighted by Gasteiger charge is -2.27. The molecule has 0 saturated carbocycles. The zero-order valence-electron chi connectivity index (χ0n) is 15.0. The zero-order chi connectivity index (χ0) is 17.8. The van der Waals surface area contributed by atoms with Crippen LogP contribution in [0.5, 0.6) is 0 Å². The second-order valence-electron chi connectivity index (χ2n) is 7.04. The number of hydrogen-bond donors (Lipinski definition) is 1. The first-order valence-electron chi connectivity index (χ1n) is 9.46. The number of benzene rings is 1. The van der Waals surface area contributed by atoms with Gasteiger partial charge in [0.15, 0.2) is 0 Å². The molecule has 1 aliphatic heterocycles. The van der Waals surface area contributed by atoms with E-state index in [4.69, 9.17) is 4.74 Å². The number of carbonyl (C=O) groups is 1. The van der Waals surface area contributed by atoms with Crippen molar-refractivity contribution in [2.75, 3.05) is 31.2 Å². The van der Waals surface area contributed by atoms with Crippen molar-refractivity contribution in [3.63, 3.8) is 0 Å². The molecule has 1 unspecified atom stereocenters.